The largest absolute Gasteiger partial charge is 0.492 e. The van der Waals surface area contributed by atoms with Gasteiger partial charge in [-0.1, -0.05) is 12.1 Å². The number of aryl methyl sites for hydroxylation is 2. The van der Waals surface area contributed by atoms with Crippen molar-refractivity contribution in [2.24, 2.45) is 0 Å². The van der Waals surface area contributed by atoms with Crippen LogP contribution in [0.3, 0.4) is 0 Å². The molecule has 0 saturated heterocycles. The molecule has 5 rings (SSSR count). The summed E-state index contributed by atoms with van der Waals surface area (Å²) in [4.78, 5) is 11.2. The van der Waals surface area contributed by atoms with Crippen LogP contribution in [0, 0.1) is 19.7 Å². The van der Waals surface area contributed by atoms with Gasteiger partial charge in [-0.15, -0.1) is 0 Å². The number of carboxylic acid groups (broad SMARTS) is 1. The molecule has 3 aromatic carbocycles. The molecule has 6 nitrogen and oxygen atoms in total. The minimum Gasteiger partial charge on any atom is -0.492 e. The van der Waals surface area contributed by atoms with E-state index in [2.05, 4.69) is 0 Å². The summed E-state index contributed by atoms with van der Waals surface area (Å²) in [5.41, 5.74) is 6.48. The Kier molecular flexibility index (Phi) is 7.66. The first kappa shape index (κ1) is 28.1. The van der Waals surface area contributed by atoms with Crippen LogP contribution in [0.1, 0.15) is 66.5 Å². The maximum absolute atomic E-state index is 15.3. The number of benzene rings is 3. The van der Waals surface area contributed by atoms with Crippen LogP contribution in [0.5, 0.6) is 17.2 Å². The lowest BCUT2D eigenvalue weighted by Gasteiger charge is -2.23. The quantitative estimate of drug-likeness (QED) is 0.312. The van der Waals surface area contributed by atoms with E-state index >= 15 is 4.39 Å². The third-order valence-electron chi connectivity index (χ3n) is 7.99. The lowest BCUT2D eigenvalue weighted by Crippen LogP contribution is -2.33. The number of hydrogen-bond donors (Lipinski definition) is 1. The van der Waals surface area contributed by atoms with E-state index < -0.39 is 27.6 Å². The highest BCUT2D eigenvalue weighted by Gasteiger charge is 2.32. The van der Waals surface area contributed by atoms with Crippen molar-refractivity contribution in [3.05, 3.63) is 76.1 Å². The van der Waals surface area contributed by atoms with Gasteiger partial charge in [0.25, 0.3) is 0 Å². The van der Waals surface area contributed by atoms with Gasteiger partial charge in [0.05, 0.1) is 17.8 Å². The average molecular weight is 567 g/mol. The molecule has 0 amide bonds. The molecule has 8 heteroatoms. The van der Waals surface area contributed by atoms with Gasteiger partial charge in [0, 0.05) is 40.2 Å². The molecule has 40 heavy (non-hydrogen) atoms. The Hall–Kier alpha value is -3.39. The zero-order valence-corrected chi connectivity index (χ0v) is 24.3. The maximum atomic E-state index is 15.3. The molecule has 0 fully saturated rings. The Morgan fingerprint density at radius 3 is 2.52 bits per heavy atom. The van der Waals surface area contributed by atoms with Crippen LogP contribution in [-0.2, 0) is 22.0 Å². The second-order valence-electron chi connectivity index (χ2n) is 11.4. The minimum atomic E-state index is -1.02. The molecular weight excluding hydrogens is 531 g/mol. The van der Waals surface area contributed by atoms with Gasteiger partial charge in [0.2, 0.25) is 0 Å². The van der Waals surface area contributed by atoms with Gasteiger partial charge in [-0.2, -0.15) is 0 Å². The van der Waals surface area contributed by atoms with Gasteiger partial charge in [0.15, 0.2) is 0 Å². The van der Waals surface area contributed by atoms with Gasteiger partial charge >= 0.3 is 5.97 Å². The summed E-state index contributed by atoms with van der Waals surface area (Å²) < 4.78 is 44.9. The van der Waals surface area contributed by atoms with E-state index in [0.29, 0.717) is 43.1 Å². The zero-order chi connectivity index (χ0) is 28.8. The smallest absolute Gasteiger partial charge is 0.304 e. The van der Waals surface area contributed by atoms with Gasteiger partial charge in [0.1, 0.15) is 35.8 Å². The number of rotatable bonds is 9. The van der Waals surface area contributed by atoms with Crippen molar-refractivity contribution in [2.45, 2.75) is 63.7 Å². The van der Waals surface area contributed by atoms with E-state index in [-0.39, 0.29) is 18.2 Å². The molecule has 1 aliphatic carbocycles. The first-order valence-corrected chi connectivity index (χ1v) is 15.0. The SMILES string of the molecule is Cc1cc(OCC(C)(C)S(C)=O)cc(C)c1-c1ccc(F)c2c1CC[C@H]2Oc1ccc2c(c1)OC[C@H]2CC(=O)O. The van der Waals surface area contributed by atoms with Gasteiger partial charge in [-0.05, 0) is 92.6 Å². The van der Waals surface area contributed by atoms with E-state index in [1.54, 1.807) is 12.3 Å². The van der Waals surface area contributed by atoms with Crippen molar-refractivity contribution < 1.29 is 32.7 Å². The Morgan fingerprint density at radius 1 is 1.12 bits per heavy atom. The van der Waals surface area contributed by atoms with Crippen LogP contribution in [0.2, 0.25) is 0 Å². The third-order valence-corrected chi connectivity index (χ3v) is 9.66. The lowest BCUT2D eigenvalue weighted by atomic mass is 9.90. The molecule has 0 bridgehead atoms. The van der Waals surface area contributed by atoms with Crippen LogP contribution >= 0.6 is 0 Å². The molecule has 0 spiro atoms. The van der Waals surface area contributed by atoms with Crippen LogP contribution in [0.4, 0.5) is 4.39 Å². The highest BCUT2D eigenvalue weighted by molar-refractivity contribution is 7.85. The number of carboxylic acids is 1. The summed E-state index contributed by atoms with van der Waals surface area (Å²) in [5.74, 6) is 0.591. The monoisotopic (exact) mass is 566 g/mol. The van der Waals surface area contributed by atoms with Crippen molar-refractivity contribution in [2.75, 3.05) is 19.5 Å². The summed E-state index contributed by atoms with van der Waals surface area (Å²) in [6.07, 6.45) is 2.59. The molecule has 1 unspecified atom stereocenters. The predicted octanol–water partition coefficient (Wildman–Crippen LogP) is 6.66. The van der Waals surface area contributed by atoms with Crippen LogP contribution in [0.15, 0.2) is 42.5 Å². The van der Waals surface area contributed by atoms with E-state index in [1.807, 2.05) is 58.0 Å². The van der Waals surface area contributed by atoms with E-state index in [1.165, 1.54) is 6.07 Å². The summed E-state index contributed by atoms with van der Waals surface area (Å²) in [5, 5.41) is 9.15. The standard InChI is InChI=1S/C32H35FO6S/c1-18-12-22(38-17-32(3,4)40(5)36)13-19(2)30(18)24-8-10-26(33)31-25(24)9-11-27(31)39-21-6-7-23-20(14-29(34)35)16-37-28(23)15-21/h6-8,10,12-13,15,20,27H,9,11,14,16-17H2,1-5H3,(H,34,35)/t20-,27-,40?/m1/s1. The number of aliphatic carboxylic acids is 1. The highest BCUT2D eigenvalue weighted by atomic mass is 32.2. The second kappa shape index (κ2) is 10.9. The molecule has 0 saturated carbocycles. The molecule has 0 aromatic heterocycles. The highest BCUT2D eigenvalue weighted by Crippen LogP contribution is 2.45. The van der Waals surface area contributed by atoms with Gasteiger partial charge in [-0.3, -0.25) is 9.00 Å². The van der Waals surface area contributed by atoms with Crippen LogP contribution in [-0.4, -0.2) is 39.5 Å². The van der Waals surface area contributed by atoms with Crippen LogP contribution in [0.25, 0.3) is 11.1 Å². The fourth-order valence-corrected chi connectivity index (χ4v) is 5.90. The third kappa shape index (κ3) is 5.46. The van der Waals surface area contributed by atoms with Crippen molar-refractivity contribution in [3.8, 4) is 28.4 Å². The molecular formula is C32H35FO6S. The summed E-state index contributed by atoms with van der Waals surface area (Å²) in [6, 6.07) is 12.8. The zero-order valence-electron chi connectivity index (χ0n) is 23.5. The maximum Gasteiger partial charge on any atom is 0.304 e. The van der Waals surface area contributed by atoms with Crippen molar-refractivity contribution in [3.63, 3.8) is 0 Å². The number of halogens is 1. The molecule has 0 radical (unpaired) electrons. The van der Waals surface area contributed by atoms with Gasteiger partial charge < -0.3 is 19.3 Å². The Balaban J connectivity index is 1.40. The van der Waals surface area contributed by atoms with E-state index in [4.69, 9.17) is 19.3 Å². The molecule has 212 valence electrons. The summed E-state index contributed by atoms with van der Waals surface area (Å²) >= 11 is 0. The van der Waals surface area contributed by atoms with Crippen LogP contribution < -0.4 is 14.2 Å². The van der Waals surface area contributed by atoms with Gasteiger partial charge in [-0.25, -0.2) is 4.39 Å². The summed E-state index contributed by atoms with van der Waals surface area (Å²) in [6.45, 7) is 8.56. The predicted molar refractivity (Wildman–Crippen MR) is 154 cm³/mol. The van der Waals surface area contributed by atoms with E-state index in [9.17, 15) is 9.00 Å². The number of carbonyl (C=O) groups is 1. The number of fused-ring (bicyclic) bond motifs is 2. The Bertz CT molecular complexity index is 1470. The number of hydrogen-bond acceptors (Lipinski definition) is 5. The second-order valence-corrected chi connectivity index (χ2v) is 13.4. The molecule has 1 N–H and O–H groups in total. The number of ether oxygens (including phenoxy) is 3. The molecule has 3 atom stereocenters. The first-order chi connectivity index (χ1) is 18.9. The topological polar surface area (TPSA) is 82.1 Å². The van der Waals surface area contributed by atoms with E-state index in [0.717, 1.165) is 39.1 Å². The summed E-state index contributed by atoms with van der Waals surface area (Å²) in [7, 11) is -1.02. The Labute approximate surface area is 236 Å². The van der Waals surface area contributed by atoms with Crippen molar-refractivity contribution in [1.29, 1.82) is 0 Å². The molecule has 3 aromatic rings. The van der Waals surface area contributed by atoms with Crippen molar-refractivity contribution in [1.82, 2.24) is 0 Å². The fourth-order valence-electron chi connectivity index (χ4n) is 5.67. The average Bonchev–Trinajstić information content (AvgIpc) is 3.48. The first-order valence-electron chi connectivity index (χ1n) is 13.5. The fraction of sp³-hybridized carbons (Fsp3) is 0.406. The Morgan fingerprint density at radius 2 is 1.85 bits per heavy atom. The normalized spacial score (nSPS) is 18.6. The minimum absolute atomic E-state index is 0.0147. The molecule has 2 aliphatic rings. The van der Waals surface area contributed by atoms with Crippen molar-refractivity contribution >= 4 is 16.8 Å². The molecule has 1 heterocycles. The lowest BCUT2D eigenvalue weighted by molar-refractivity contribution is -0.137. The molecule has 1 aliphatic heterocycles.